The molecule has 2 aliphatic rings. The molecule has 1 aliphatic carbocycles. The van der Waals surface area contributed by atoms with Gasteiger partial charge in [-0.1, -0.05) is 0 Å². The zero-order valence-electron chi connectivity index (χ0n) is 13.9. The lowest BCUT2D eigenvalue weighted by Crippen LogP contribution is -2.40. The minimum absolute atomic E-state index is 0.133. The molecule has 1 saturated heterocycles. The van der Waals surface area contributed by atoms with Gasteiger partial charge in [-0.2, -0.15) is 0 Å². The second kappa shape index (κ2) is 6.97. The monoisotopic (exact) mass is 297 g/mol. The van der Waals surface area contributed by atoms with Crippen LogP contribution in [0.1, 0.15) is 53.4 Å². The summed E-state index contributed by atoms with van der Waals surface area (Å²) in [5.74, 6) is 0. The van der Waals surface area contributed by atoms with Crippen molar-refractivity contribution in [3.63, 3.8) is 0 Å². The first-order valence-corrected chi connectivity index (χ1v) is 8.30. The first kappa shape index (κ1) is 16.6. The van der Waals surface area contributed by atoms with Gasteiger partial charge >= 0.3 is 6.09 Å². The highest BCUT2D eigenvalue weighted by Crippen LogP contribution is 2.29. The van der Waals surface area contributed by atoms with Gasteiger partial charge in [0.1, 0.15) is 5.60 Å². The zero-order valence-corrected chi connectivity index (χ0v) is 13.9. The standard InChI is InChI=1S/C16H31N3O2/c1-12(18-15(20)21-16(2,3)4)7-9-17-13-8-10-19(11-13)14-5-6-14/h12-14,17H,5-11H2,1-4H3,(H,18,20). The average molecular weight is 297 g/mol. The van der Waals surface area contributed by atoms with E-state index in [0.717, 1.165) is 19.0 Å². The van der Waals surface area contributed by atoms with E-state index in [0.29, 0.717) is 6.04 Å². The van der Waals surface area contributed by atoms with E-state index in [9.17, 15) is 4.79 Å². The normalized spacial score (nSPS) is 24.9. The molecular formula is C16H31N3O2. The lowest BCUT2D eigenvalue weighted by molar-refractivity contribution is 0.0506. The highest BCUT2D eigenvalue weighted by molar-refractivity contribution is 5.67. The number of carbonyl (C=O) groups is 1. The zero-order chi connectivity index (χ0) is 15.5. The first-order valence-electron chi connectivity index (χ1n) is 8.30. The predicted molar refractivity (Wildman–Crippen MR) is 84.5 cm³/mol. The minimum atomic E-state index is -0.432. The highest BCUT2D eigenvalue weighted by Gasteiger charge is 2.34. The SMILES string of the molecule is CC(CCNC1CCN(C2CC2)C1)NC(=O)OC(C)(C)C. The molecule has 1 amide bonds. The molecule has 0 spiro atoms. The van der Waals surface area contributed by atoms with Crippen LogP contribution >= 0.6 is 0 Å². The van der Waals surface area contributed by atoms with E-state index in [4.69, 9.17) is 4.74 Å². The quantitative estimate of drug-likeness (QED) is 0.788. The maximum absolute atomic E-state index is 11.7. The maximum Gasteiger partial charge on any atom is 0.407 e. The summed E-state index contributed by atoms with van der Waals surface area (Å²) in [4.78, 5) is 14.3. The summed E-state index contributed by atoms with van der Waals surface area (Å²) in [5, 5.41) is 6.50. The molecule has 5 nitrogen and oxygen atoms in total. The maximum atomic E-state index is 11.7. The van der Waals surface area contributed by atoms with E-state index in [1.54, 1.807) is 0 Å². The van der Waals surface area contributed by atoms with Crippen LogP contribution in [0.15, 0.2) is 0 Å². The third-order valence-electron chi connectivity index (χ3n) is 4.06. The van der Waals surface area contributed by atoms with Crippen LogP contribution in [-0.2, 0) is 4.74 Å². The molecule has 1 heterocycles. The van der Waals surface area contributed by atoms with E-state index in [1.165, 1.54) is 32.4 Å². The molecular weight excluding hydrogens is 266 g/mol. The van der Waals surface area contributed by atoms with Crippen molar-refractivity contribution >= 4 is 6.09 Å². The summed E-state index contributed by atoms with van der Waals surface area (Å²) < 4.78 is 5.26. The Labute approximate surface area is 128 Å². The van der Waals surface area contributed by atoms with Crippen LogP contribution < -0.4 is 10.6 Å². The topological polar surface area (TPSA) is 53.6 Å². The van der Waals surface area contributed by atoms with E-state index in [1.807, 2.05) is 27.7 Å². The molecule has 2 fully saturated rings. The van der Waals surface area contributed by atoms with Gasteiger partial charge in [0.15, 0.2) is 0 Å². The molecule has 122 valence electrons. The summed E-state index contributed by atoms with van der Waals surface area (Å²) in [6.07, 6.45) is 4.65. The molecule has 2 atom stereocenters. The van der Waals surface area contributed by atoms with Crippen molar-refractivity contribution in [2.24, 2.45) is 0 Å². The summed E-state index contributed by atoms with van der Waals surface area (Å²) in [6.45, 7) is 11.0. The fraction of sp³-hybridized carbons (Fsp3) is 0.938. The van der Waals surface area contributed by atoms with Crippen molar-refractivity contribution < 1.29 is 9.53 Å². The van der Waals surface area contributed by atoms with Gasteiger partial charge in [0.2, 0.25) is 0 Å². The first-order chi connectivity index (χ1) is 9.83. The minimum Gasteiger partial charge on any atom is -0.444 e. The van der Waals surface area contributed by atoms with Gasteiger partial charge in [0.05, 0.1) is 0 Å². The van der Waals surface area contributed by atoms with Crippen LogP contribution in [0.3, 0.4) is 0 Å². The Hall–Kier alpha value is -0.810. The number of alkyl carbamates (subject to hydrolysis) is 1. The van der Waals surface area contributed by atoms with Gasteiger partial charge in [-0.05, 0) is 59.9 Å². The van der Waals surface area contributed by atoms with Crippen molar-refractivity contribution in [2.75, 3.05) is 19.6 Å². The van der Waals surface area contributed by atoms with Crippen molar-refractivity contribution in [2.45, 2.75) is 77.1 Å². The van der Waals surface area contributed by atoms with Gasteiger partial charge in [0.25, 0.3) is 0 Å². The number of hydrogen-bond donors (Lipinski definition) is 2. The van der Waals surface area contributed by atoms with Gasteiger partial charge < -0.3 is 15.4 Å². The third-order valence-corrected chi connectivity index (χ3v) is 4.06. The molecule has 5 heteroatoms. The smallest absolute Gasteiger partial charge is 0.407 e. The summed E-state index contributed by atoms with van der Waals surface area (Å²) >= 11 is 0. The predicted octanol–water partition coefficient (Wildman–Crippen LogP) is 2.12. The molecule has 2 rings (SSSR count). The van der Waals surface area contributed by atoms with E-state index >= 15 is 0 Å². The van der Waals surface area contributed by atoms with Crippen molar-refractivity contribution in [1.29, 1.82) is 0 Å². The Morgan fingerprint density at radius 2 is 2.05 bits per heavy atom. The second-order valence-corrected chi connectivity index (χ2v) is 7.50. The number of carbonyl (C=O) groups excluding carboxylic acids is 1. The van der Waals surface area contributed by atoms with E-state index in [-0.39, 0.29) is 12.1 Å². The van der Waals surface area contributed by atoms with E-state index in [2.05, 4.69) is 15.5 Å². The molecule has 21 heavy (non-hydrogen) atoms. The summed E-state index contributed by atoms with van der Waals surface area (Å²) in [6, 6.07) is 1.64. The summed E-state index contributed by atoms with van der Waals surface area (Å²) in [5.41, 5.74) is -0.432. The number of nitrogens with one attached hydrogen (secondary N) is 2. The van der Waals surface area contributed by atoms with Crippen LogP contribution in [0.2, 0.25) is 0 Å². The molecule has 2 unspecified atom stereocenters. The largest absolute Gasteiger partial charge is 0.444 e. The molecule has 1 saturated carbocycles. The molecule has 0 bridgehead atoms. The molecule has 2 N–H and O–H groups in total. The Morgan fingerprint density at radius 3 is 2.67 bits per heavy atom. The Balaban J connectivity index is 1.54. The number of likely N-dealkylation sites (tertiary alicyclic amines) is 1. The molecule has 0 radical (unpaired) electrons. The van der Waals surface area contributed by atoms with Crippen LogP contribution in [0, 0.1) is 0 Å². The Morgan fingerprint density at radius 1 is 1.33 bits per heavy atom. The van der Waals surface area contributed by atoms with Gasteiger partial charge in [0, 0.05) is 31.2 Å². The van der Waals surface area contributed by atoms with E-state index < -0.39 is 5.60 Å². The van der Waals surface area contributed by atoms with Crippen molar-refractivity contribution in [3.8, 4) is 0 Å². The van der Waals surface area contributed by atoms with Gasteiger partial charge in [-0.3, -0.25) is 4.90 Å². The van der Waals surface area contributed by atoms with Crippen LogP contribution in [0.4, 0.5) is 4.79 Å². The lowest BCUT2D eigenvalue weighted by atomic mass is 10.2. The second-order valence-electron chi connectivity index (χ2n) is 7.50. The Kier molecular flexibility index (Phi) is 5.49. The molecule has 1 aliphatic heterocycles. The highest BCUT2D eigenvalue weighted by atomic mass is 16.6. The van der Waals surface area contributed by atoms with Gasteiger partial charge in [-0.15, -0.1) is 0 Å². The van der Waals surface area contributed by atoms with Crippen LogP contribution in [-0.4, -0.2) is 54.4 Å². The molecule has 0 aromatic rings. The van der Waals surface area contributed by atoms with Crippen LogP contribution in [0.5, 0.6) is 0 Å². The molecule has 0 aromatic carbocycles. The number of hydrogen-bond acceptors (Lipinski definition) is 4. The summed E-state index contributed by atoms with van der Waals surface area (Å²) in [7, 11) is 0. The number of rotatable bonds is 6. The fourth-order valence-electron chi connectivity index (χ4n) is 2.81. The lowest BCUT2D eigenvalue weighted by Gasteiger charge is -2.22. The number of nitrogens with zero attached hydrogens (tertiary/aromatic N) is 1. The molecule has 0 aromatic heterocycles. The fourth-order valence-corrected chi connectivity index (χ4v) is 2.81. The van der Waals surface area contributed by atoms with Crippen LogP contribution in [0.25, 0.3) is 0 Å². The average Bonchev–Trinajstić information content (AvgIpc) is 3.07. The number of ether oxygens (including phenoxy) is 1. The van der Waals surface area contributed by atoms with Gasteiger partial charge in [-0.25, -0.2) is 4.79 Å². The third kappa shape index (κ3) is 6.22. The number of amides is 1. The van der Waals surface area contributed by atoms with Crippen molar-refractivity contribution in [1.82, 2.24) is 15.5 Å². The Bertz CT molecular complexity index is 350. The van der Waals surface area contributed by atoms with Crippen molar-refractivity contribution in [3.05, 3.63) is 0 Å².